The molecule has 0 bridgehead atoms. The molecule has 0 heterocycles. The molecule has 1 aromatic rings. The molecule has 1 amide bonds. The van der Waals surface area contributed by atoms with Gasteiger partial charge in [-0.15, -0.1) is 11.8 Å². The molecular weight excluding hydrogens is 254 g/mol. The minimum Gasteiger partial charge on any atom is -0.353 e. The average molecular weight is 277 g/mol. The van der Waals surface area contributed by atoms with Crippen LogP contribution in [0.25, 0.3) is 0 Å². The maximum absolute atomic E-state index is 11.9. The van der Waals surface area contributed by atoms with Crippen LogP contribution in [0.1, 0.15) is 37.3 Å². The van der Waals surface area contributed by atoms with E-state index in [0.717, 1.165) is 18.8 Å². The van der Waals surface area contributed by atoms with Crippen molar-refractivity contribution in [1.82, 2.24) is 5.32 Å². The van der Waals surface area contributed by atoms with Gasteiger partial charge in [0, 0.05) is 10.9 Å². The molecule has 3 heteroatoms. The quantitative estimate of drug-likeness (QED) is 0.850. The first kappa shape index (κ1) is 14.4. The van der Waals surface area contributed by atoms with E-state index in [0.29, 0.717) is 11.8 Å². The molecule has 2 nitrogen and oxygen atoms in total. The van der Waals surface area contributed by atoms with Gasteiger partial charge in [0.2, 0.25) is 5.91 Å². The molecular formula is C16H23NOS. The van der Waals surface area contributed by atoms with E-state index >= 15 is 0 Å². The van der Waals surface area contributed by atoms with Crippen molar-refractivity contribution < 1.29 is 4.79 Å². The minimum atomic E-state index is 0.171. The molecule has 1 N–H and O–H groups in total. The molecule has 2 atom stereocenters. The fraction of sp³-hybridized carbons (Fsp3) is 0.562. The number of thioether (sulfide) groups is 1. The number of rotatable bonds is 4. The molecule has 2 unspecified atom stereocenters. The Hall–Kier alpha value is -0.960. The van der Waals surface area contributed by atoms with E-state index in [1.165, 1.54) is 22.4 Å². The Bertz CT molecular complexity index is 458. The number of carbonyl (C=O) groups is 1. The van der Waals surface area contributed by atoms with Gasteiger partial charge in [-0.3, -0.25) is 4.79 Å². The van der Waals surface area contributed by atoms with Gasteiger partial charge in [-0.1, -0.05) is 24.6 Å². The normalized spacial score (nSPS) is 22.5. The topological polar surface area (TPSA) is 29.1 Å². The van der Waals surface area contributed by atoms with E-state index in [9.17, 15) is 4.79 Å². The van der Waals surface area contributed by atoms with Crippen LogP contribution in [0, 0.1) is 19.8 Å². The molecule has 1 fully saturated rings. The highest BCUT2D eigenvalue weighted by Crippen LogP contribution is 2.26. The summed E-state index contributed by atoms with van der Waals surface area (Å²) < 4.78 is 0. The summed E-state index contributed by atoms with van der Waals surface area (Å²) in [6.07, 6.45) is 3.52. The number of hydrogen-bond acceptors (Lipinski definition) is 2. The van der Waals surface area contributed by atoms with Crippen molar-refractivity contribution in [3.8, 4) is 0 Å². The van der Waals surface area contributed by atoms with Crippen LogP contribution in [-0.4, -0.2) is 17.7 Å². The van der Waals surface area contributed by atoms with Gasteiger partial charge in [0.25, 0.3) is 0 Å². The molecule has 104 valence electrons. The summed E-state index contributed by atoms with van der Waals surface area (Å²) in [5, 5.41) is 3.15. The summed E-state index contributed by atoms with van der Waals surface area (Å²) in [6, 6.07) is 6.79. The molecule has 2 rings (SSSR count). The Balaban J connectivity index is 1.81. The maximum atomic E-state index is 11.9. The molecule has 1 aliphatic rings. The van der Waals surface area contributed by atoms with Crippen LogP contribution in [0.4, 0.5) is 0 Å². The standard InChI is InChI=1S/C16H23NOS/c1-11-5-7-14(8-11)17-16(18)10-19-15-9-12(2)4-6-13(15)3/h4,6,9,11,14H,5,7-8,10H2,1-3H3,(H,17,18). The lowest BCUT2D eigenvalue weighted by atomic mass is 10.1. The van der Waals surface area contributed by atoms with Gasteiger partial charge in [0.1, 0.15) is 0 Å². The van der Waals surface area contributed by atoms with E-state index < -0.39 is 0 Å². The SMILES string of the molecule is Cc1ccc(C)c(SCC(=O)NC2CCC(C)C2)c1. The number of carbonyl (C=O) groups excluding carboxylic acids is 1. The lowest BCUT2D eigenvalue weighted by Crippen LogP contribution is -2.34. The minimum absolute atomic E-state index is 0.171. The highest BCUT2D eigenvalue weighted by molar-refractivity contribution is 8.00. The first-order valence-electron chi connectivity index (χ1n) is 7.04. The number of amides is 1. The third kappa shape index (κ3) is 4.27. The van der Waals surface area contributed by atoms with Crippen molar-refractivity contribution in [2.45, 2.75) is 51.0 Å². The fourth-order valence-electron chi connectivity index (χ4n) is 2.61. The van der Waals surface area contributed by atoms with Crippen molar-refractivity contribution in [3.05, 3.63) is 29.3 Å². The molecule has 1 aromatic carbocycles. The van der Waals surface area contributed by atoms with Crippen molar-refractivity contribution in [2.75, 3.05) is 5.75 Å². The van der Waals surface area contributed by atoms with E-state index in [2.05, 4.69) is 44.3 Å². The van der Waals surface area contributed by atoms with E-state index in [1.54, 1.807) is 11.8 Å². The van der Waals surface area contributed by atoms with E-state index in [-0.39, 0.29) is 5.91 Å². The first-order valence-corrected chi connectivity index (χ1v) is 8.02. The second-order valence-electron chi connectivity index (χ2n) is 5.74. The van der Waals surface area contributed by atoms with Crippen molar-refractivity contribution in [2.24, 2.45) is 5.92 Å². The Morgan fingerprint density at radius 1 is 1.37 bits per heavy atom. The van der Waals surface area contributed by atoms with Gasteiger partial charge in [-0.25, -0.2) is 0 Å². The summed E-state index contributed by atoms with van der Waals surface area (Å²) in [6.45, 7) is 6.44. The lowest BCUT2D eigenvalue weighted by molar-refractivity contribution is -0.119. The third-order valence-corrected chi connectivity index (χ3v) is 4.92. The van der Waals surface area contributed by atoms with E-state index in [1.807, 2.05) is 0 Å². The zero-order valence-corrected chi connectivity index (χ0v) is 12.8. The second kappa shape index (κ2) is 6.47. The summed E-state index contributed by atoms with van der Waals surface area (Å²) >= 11 is 1.64. The predicted molar refractivity (Wildman–Crippen MR) is 81.6 cm³/mol. The molecule has 0 aliphatic heterocycles. The number of benzene rings is 1. The Labute approximate surface area is 120 Å². The van der Waals surface area contributed by atoms with Crippen molar-refractivity contribution in [1.29, 1.82) is 0 Å². The van der Waals surface area contributed by atoms with Crippen LogP contribution in [0.2, 0.25) is 0 Å². The largest absolute Gasteiger partial charge is 0.353 e. The molecule has 0 radical (unpaired) electrons. The van der Waals surface area contributed by atoms with Crippen LogP contribution < -0.4 is 5.32 Å². The third-order valence-electron chi connectivity index (χ3n) is 3.76. The monoisotopic (exact) mass is 277 g/mol. The summed E-state index contributed by atoms with van der Waals surface area (Å²) in [7, 11) is 0. The van der Waals surface area contributed by atoms with Crippen molar-refractivity contribution in [3.63, 3.8) is 0 Å². The Morgan fingerprint density at radius 3 is 2.84 bits per heavy atom. The van der Waals surface area contributed by atoms with Gasteiger partial charge >= 0.3 is 0 Å². The van der Waals surface area contributed by atoms with Crippen LogP contribution in [-0.2, 0) is 4.79 Å². The van der Waals surface area contributed by atoms with Crippen LogP contribution in [0.3, 0.4) is 0 Å². The van der Waals surface area contributed by atoms with E-state index in [4.69, 9.17) is 0 Å². The fourth-order valence-corrected chi connectivity index (χ4v) is 3.55. The molecule has 0 spiro atoms. The maximum Gasteiger partial charge on any atom is 0.230 e. The van der Waals surface area contributed by atoms with Crippen LogP contribution in [0.5, 0.6) is 0 Å². The zero-order valence-electron chi connectivity index (χ0n) is 12.0. The summed E-state index contributed by atoms with van der Waals surface area (Å²) in [4.78, 5) is 13.2. The van der Waals surface area contributed by atoms with Gasteiger partial charge in [-0.05, 0) is 50.7 Å². The van der Waals surface area contributed by atoms with Crippen LogP contribution >= 0.6 is 11.8 Å². The first-order chi connectivity index (χ1) is 9.04. The lowest BCUT2D eigenvalue weighted by Gasteiger charge is -2.13. The molecule has 0 aromatic heterocycles. The van der Waals surface area contributed by atoms with Gasteiger partial charge in [0.15, 0.2) is 0 Å². The van der Waals surface area contributed by atoms with Crippen molar-refractivity contribution >= 4 is 17.7 Å². The van der Waals surface area contributed by atoms with Gasteiger partial charge in [-0.2, -0.15) is 0 Å². The average Bonchev–Trinajstić information content (AvgIpc) is 2.76. The van der Waals surface area contributed by atoms with Gasteiger partial charge < -0.3 is 5.32 Å². The summed E-state index contributed by atoms with van der Waals surface area (Å²) in [5.41, 5.74) is 2.50. The summed E-state index contributed by atoms with van der Waals surface area (Å²) in [5.74, 6) is 1.46. The van der Waals surface area contributed by atoms with Crippen LogP contribution in [0.15, 0.2) is 23.1 Å². The number of nitrogens with one attached hydrogen (secondary N) is 1. The highest BCUT2D eigenvalue weighted by atomic mass is 32.2. The molecule has 19 heavy (non-hydrogen) atoms. The number of hydrogen-bond donors (Lipinski definition) is 1. The van der Waals surface area contributed by atoms with Gasteiger partial charge in [0.05, 0.1) is 5.75 Å². The predicted octanol–water partition coefficient (Wildman–Crippen LogP) is 3.70. The Morgan fingerprint density at radius 2 is 2.16 bits per heavy atom. The number of aryl methyl sites for hydroxylation is 2. The smallest absolute Gasteiger partial charge is 0.230 e. The zero-order chi connectivity index (χ0) is 13.8. The molecule has 0 saturated heterocycles. The highest BCUT2D eigenvalue weighted by Gasteiger charge is 2.22. The molecule has 1 aliphatic carbocycles. The second-order valence-corrected chi connectivity index (χ2v) is 6.76. The Kier molecular flexibility index (Phi) is 4.92. The molecule has 1 saturated carbocycles.